The Kier molecular flexibility index (Phi) is 5.49. The maximum atomic E-state index is 11.2. The number of methoxy groups -OCH3 is 2. The SMILES string of the molecule is COCCc1ccc(O[C@H](C)C(=O)OC)cc1. The molecule has 1 rings (SSSR count). The first-order chi connectivity index (χ1) is 8.17. The van der Waals surface area contributed by atoms with Crippen molar-refractivity contribution in [1.82, 2.24) is 0 Å². The van der Waals surface area contributed by atoms with Crippen molar-refractivity contribution in [1.29, 1.82) is 0 Å². The molecule has 0 aromatic heterocycles. The normalized spacial score (nSPS) is 11.9. The molecule has 0 aliphatic rings. The Morgan fingerprint density at radius 1 is 1.24 bits per heavy atom. The van der Waals surface area contributed by atoms with Crippen molar-refractivity contribution in [3.8, 4) is 5.75 Å². The summed E-state index contributed by atoms with van der Waals surface area (Å²) < 4.78 is 15.0. The molecule has 0 aliphatic heterocycles. The van der Waals surface area contributed by atoms with Crippen LogP contribution in [0.1, 0.15) is 12.5 Å². The van der Waals surface area contributed by atoms with Crippen molar-refractivity contribution in [3.63, 3.8) is 0 Å². The van der Waals surface area contributed by atoms with E-state index in [0.29, 0.717) is 12.4 Å². The Hall–Kier alpha value is -1.55. The Morgan fingerprint density at radius 3 is 2.41 bits per heavy atom. The van der Waals surface area contributed by atoms with Gasteiger partial charge in [0.2, 0.25) is 0 Å². The number of esters is 1. The molecule has 0 radical (unpaired) electrons. The number of carbonyl (C=O) groups excluding carboxylic acids is 1. The van der Waals surface area contributed by atoms with Crippen LogP contribution in [-0.2, 0) is 20.7 Å². The molecule has 0 spiro atoms. The van der Waals surface area contributed by atoms with Gasteiger partial charge < -0.3 is 14.2 Å². The molecule has 1 aromatic carbocycles. The van der Waals surface area contributed by atoms with Crippen LogP contribution in [0.15, 0.2) is 24.3 Å². The molecule has 4 nitrogen and oxygen atoms in total. The van der Waals surface area contributed by atoms with Crippen LogP contribution in [0, 0.1) is 0 Å². The van der Waals surface area contributed by atoms with Crippen LogP contribution in [0.4, 0.5) is 0 Å². The summed E-state index contributed by atoms with van der Waals surface area (Å²) in [5.74, 6) is 0.275. The van der Waals surface area contributed by atoms with E-state index in [4.69, 9.17) is 9.47 Å². The molecule has 0 saturated carbocycles. The molecule has 0 saturated heterocycles. The number of hydrogen-bond acceptors (Lipinski definition) is 4. The van der Waals surface area contributed by atoms with E-state index in [9.17, 15) is 4.79 Å². The van der Waals surface area contributed by atoms with Crippen molar-refractivity contribution in [2.75, 3.05) is 20.8 Å². The summed E-state index contributed by atoms with van der Waals surface area (Å²) >= 11 is 0. The summed E-state index contributed by atoms with van der Waals surface area (Å²) in [7, 11) is 3.02. The molecule has 0 heterocycles. The Bertz CT molecular complexity index is 345. The molecule has 1 atom stereocenters. The van der Waals surface area contributed by atoms with Crippen LogP contribution < -0.4 is 4.74 Å². The number of carbonyl (C=O) groups is 1. The van der Waals surface area contributed by atoms with Gasteiger partial charge in [-0.15, -0.1) is 0 Å². The predicted molar refractivity (Wildman–Crippen MR) is 64.1 cm³/mol. The van der Waals surface area contributed by atoms with E-state index in [0.717, 1.165) is 6.42 Å². The molecular weight excluding hydrogens is 220 g/mol. The second-order valence-corrected chi connectivity index (χ2v) is 3.67. The number of hydrogen-bond donors (Lipinski definition) is 0. The first kappa shape index (κ1) is 13.5. The minimum absolute atomic E-state index is 0.381. The molecule has 4 heteroatoms. The minimum Gasteiger partial charge on any atom is -0.479 e. The van der Waals surface area contributed by atoms with Gasteiger partial charge in [0.15, 0.2) is 6.10 Å². The van der Waals surface area contributed by atoms with Crippen LogP contribution >= 0.6 is 0 Å². The minimum atomic E-state index is -0.593. The average molecular weight is 238 g/mol. The molecule has 1 aromatic rings. The van der Waals surface area contributed by atoms with Gasteiger partial charge in [-0.2, -0.15) is 0 Å². The lowest BCUT2D eigenvalue weighted by Gasteiger charge is -2.12. The molecular formula is C13H18O4. The summed E-state index contributed by atoms with van der Waals surface area (Å²) in [6.07, 6.45) is 0.272. The van der Waals surface area contributed by atoms with Gasteiger partial charge in [0.05, 0.1) is 13.7 Å². The zero-order valence-corrected chi connectivity index (χ0v) is 10.4. The highest BCUT2D eigenvalue weighted by atomic mass is 16.6. The molecule has 0 N–H and O–H groups in total. The van der Waals surface area contributed by atoms with Gasteiger partial charge in [0.1, 0.15) is 5.75 Å². The van der Waals surface area contributed by atoms with Crippen LogP contribution in [0.5, 0.6) is 5.75 Å². The highest BCUT2D eigenvalue weighted by Gasteiger charge is 2.14. The van der Waals surface area contributed by atoms with Crippen LogP contribution in [-0.4, -0.2) is 32.9 Å². The number of ether oxygens (including phenoxy) is 3. The smallest absolute Gasteiger partial charge is 0.346 e. The first-order valence-electron chi connectivity index (χ1n) is 5.49. The second kappa shape index (κ2) is 6.91. The van der Waals surface area contributed by atoms with E-state index in [1.807, 2.05) is 24.3 Å². The maximum Gasteiger partial charge on any atom is 0.346 e. The van der Waals surface area contributed by atoms with Crippen LogP contribution in [0.3, 0.4) is 0 Å². The van der Waals surface area contributed by atoms with Crippen molar-refractivity contribution >= 4 is 5.97 Å². The van der Waals surface area contributed by atoms with Crippen molar-refractivity contribution in [2.45, 2.75) is 19.4 Å². The fraction of sp³-hybridized carbons (Fsp3) is 0.462. The lowest BCUT2D eigenvalue weighted by molar-refractivity contribution is -0.147. The van der Waals surface area contributed by atoms with E-state index < -0.39 is 6.10 Å². The summed E-state index contributed by atoms with van der Waals surface area (Å²) in [6.45, 7) is 2.35. The molecule has 0 amide bonds. The van der Waals surface area contributed by atoms with Crippen molar-refractivity contribution < 1.29 is 19.0 Å². The van der Waals surface area contributed by atoms with Gasteiger partial charge in [-0.1, -0.05) is 12.1 Å². The lowest BCUT2D eigenvalue weighted by Crippen LogP contribution is -2.24. The third-order valence-corrected chi connectivity index (χ3v) is 2.36. The monoisotopic (exact) mass is 238 g/mol. The standard InChI is InChI=1S/C13H18O4/c1-10(13(14)16-3)17-12-6-4-11(5-7-12)8-9-15-2/h4-7,10H,8-9H2,1-3H3/t10-/m1/s1. The van der Waals surface area contributed by atoms with Gasteiger partial charge in [-0.05, 0) is 31.0 Å². The maximum absolute atomic E-state index is 11.2. The Labute approximate surface area is 101 Å². The fourth-order valence-electron chi connectivity index (χ4n) is 1.37. The quantitative estimate of drug-likeness (QED) is 0.709. The first-order valence-corrected chi connectivity index (χ1v) is 5.49. The van der Waals surface area contributed by atoms with E-state index in [1.165, 1.54) is 12.7 Å². The highest BCUT2D eigenvalue weighted by molar-refractivity contribution is 5.74. The molecule has 94 valence electrons. The Balaban J connectivity index is 2.53. The van der Waals surface area contributed by atoms with Gasteiger partial charge >= 0.3 is 5.97 Å². The van der Waals surface area contributed by atoms with E-state index in [2.05, 4.69) is 4.74 Å². The van der Waals surface area contributed by atoms with Gasteiger partial charge in [0, 0.05) is 7.11 Å². The zero-order chi connectivity index (χ0) is 12.7. The molecule has 0 unspecified atom stereocenters. The lowest BCUT2D eigenvalue weighted by atomic mass is 10.1. The molecule has 17 heavy (non-hydrogen) atoms. The van der Waals surface area contributed by atoms with Gasteiger partial charge in [-0.25, -0.2) is 4.79 Å². The average Bonchev–Trinajstić information content (AvgIpc) is 2.37. The molecule has 0 aliphatic carbocycles. The van der Waals surface area contributed by atoms with Crippen LogP contribution in [0.2, 0.25) is 0 Å². The van der Waals surface area contributed by atoms with Crippen LogP contribution in [0.25, 0.3) is 0 Å². The van der Waals surface area contributed by atoms with Crippen molar-refractivity contribution in [2.24, 2.45) is 0 Å². The summed E-state index contributed by atoms with van der Waals surface area (Å²) in [6, 6.07) is 7.59. The van der Waals surface area contributed by atoms with Gasteiger partial charge in [-0.3, -0.25) is 0 Å². The van der Waals surface area contributed by atoms with Gasteiger partial charge in [0.25, 0.3) is 0 Å². The number of benzene rings is 1. The number of rotatable bonds is 6. The summed E-state index contributed by atoms with van der Waals surface area (Å²) in [4.78, 5) is 11.2. The molecule has 0 bridgehead atoms. The fourth-order valence-corrected chi connectivity index (χ4v) is 1.37. The van der Waals surface area contributed by atoms with E-state index in [1.54, 1.807) is 14.0 Å². The third-order valence-electron chi connectivity index (χ3n) is 2.36. The van der Waals surface area contributed by atoms with Crippen molar-refractivity contribution in [3.05, 3.63) is 29.8 Å². The Morgan fingerprint density at radius 2 is 1.88 bits per heavy atom. The second-order valence-electron chi connectivity index (χ2n) is 3.67. The molecule has 0 fully saturated rings. The largest absolute Gasteiger partial charge is 0.479 e. The van der Waals surface area contributed by atoms with E-state index in [-0.39, 0.29) is 5.97 Å². The van der Waals surface area contributed by atoms with E-state index >= 15 is 0 Å². The predicted octanol–water partition coefficient (Wildman–Crippen LogP) is 1.82. The third kappa shape index (κ3) is 4.44. The zero-order valence-electron chi connectivity index (χ0n) is 10.4. The topological polar surface area (TPSA) is 44.8 Å². The summed E-state index contributed by atoms with van der Waals surface area (Å²) in [5.41, 5.74) is 1.17. The highest BCUT2D eigenvalue weighted by Crippen LogP contribution is 2.14. The summed E-state index contributed by atoms with van der Waals surface area (Å²) in [5, 5.41) is 0.